The third kappa shape index (κ3) is 2.82. The average Bonchev–Trinajstić information content (AvgIpc) is 2.25. The number of nitrogen functional groups attached to an aromatic ring is 1. The van der Waals surface area contributed by atoms with E-state index in [9.17, 15) is 0 Å². The molecule has 2 heterocycles. The van der Waals surface area contributed by atoms with Gasteiger partial charge in [-0.2, -0.15) is 11.8 Å². The Labute approximate surface area is 94.3 Å². The van der Waals surface area contributed by atoms with Gasteiger partial charge in [0.2, 0.25) is 0 Å². The van der Waals surface area contributed by atoms with Crippen molar-refractivity contribution in [3.8, 4) is 0 Å². The van der Waals surface area contributed by atoms with E-state index in [0.717, 1.165) is 18.8 Å². The number of hydrogen-bond acceptors (Lipinski definition) is 5. The smallest absolute Gasteiger partial charge is 0.141 e. The van der Waals surface area contributed by atoms with Crippen LogP contribution >= 0.6 is 11.8 Å². The molecule has 2 rings (SSSR count). The number of thioether (sulfide) groups is 1. The Bertz CT molecular complexity index is 314. The molecule has 1 saturated heterocycles. The molecule has 1 aliphatic rings. The van der Waals surface area contributed by atoms with Gasteiger partial charge in [-0.25, -0.2) is 4.98 Å². The Morgan fingerprint density at radius 3 is 3.07 bits per heavy atom. The van der Waals surface area contributed by atoms with Crippen LogP contribution < -0.4 is 5.73 Å². The van der Waals surface area contributed by atoms with Gasteiger partial charge in [-0.3, -0.25) is 9.88 Å². The zero-order valence-electron chi connectivity index (χ0n) is 8.89. The molecule has 0 aliphatic carbocycles. The van der Waals surface area contributed by atoms with Gasteiger partial charge in [0, 0.05) is 30.6 Å². The number of rotatable bonds is 2. The summed E-state index contributed by atoms with van der Waals surface area (Å²) in [7, 11) is 0. The number of nitrogens with two attached hydrogens (primary N) is 1. The largest absolute Gasteiger partial charge is 0.382 e. The summed E-state index contributed by atoms with van der Waals surface area (Å²) in [4.78, 5) is 10.8. The van der Waals surface area contributed by atoms with Crippen molar-refractivity contribution in [3.63, 3.8) is 0 Å². The molecule has 1 fully saturated rings. The molecule has 0 radical (unpaired) electrons. The number of hydrogen-bond donors (Lipinski definition) is 1. The van der Waals surface area contributed by atoms with Gasteiger partial charge in [0.05, 0.1) is 18.1 Å². The van der Waals surface area contributed by atoms with E-state index in [1.165, 1.54) is 11.5 Å². The molecule has 1 unspecified atom stereocenters. The van der Waals surface area contributed by atoms with E-state index in [4.69, 9.17) is 5.73 Å². The van der Waals surface area contributed by atoms with E-state index in [1.54, 1.807) is 12.4 Å². The van der Waals surface area contributed by atoms with Crippen LogP contribution in [0.15, 0.2) is 12.4 Å². The SMILES string of the molecule is CC1CSCCN1Cc1cnc(N)cn1. The molecule has 5 heteroatoms. The number of nitrogens with zero attached hydrogens (tertiary/aromatic N) is 3. The predicted octanol–water partition coefficient (Wildman–Crippen LogP) is 0.996. The minimum atomic E-state index is 0.487. The van der Waals surface area contributed by atoms with Crippen molar-refractivity contribution in [2.24, 2.45) is 0 Å². The molecule has 1 atom stereocenters. The Hall–Kier alpha value is -0.810. The van der Waals surface area contributed by atoms with Crippen LogP contribution in [-0.2, 0) is 6.54 Å². The summed E-state index contributed by atoms with van der Waals surface area (Å²) in [6, 6.07) is 0.628. The van der Waals surface area contributed by atoms with Crippen LogP contribution in [0.2, 0.25) is 0 Å². The van der Waals surface area contributed by atoms with Crippen molar-refractivity contribution in [3.05, 3.63) is 18.1 Å². The lowest BCUT2D eigenvalue weighted by molar-refractivity contribution is 0.221. The van der Waals surface area contributed by atoms with E-state index < -0.39 is 0 Å². The van der Waals surface area contributed by atoms with Gasteiger partial charge < -0.3 is 5.73 Å². The minimum Gasteiger partial charge on any atom is -0.382 e. The van der Waals surface area contributed by atoms with Gasteiger partial charge >= 0.3 is 0 Å². The molecule has 1 aromatic rings. The standard InChI is InChI=1S/C10H16N4S/c1-8-7-15-3-2-14(8)6-9-4-13-10(11)5-12-9/h4-5,8H,2-3,6-7H2,1H3,(H2,11,13). The van der Waals surface area contributed by atoms with Crippen molar-refractivity contribution in [1.29, 1.82) is 0 Å². The monoisotopic (exact) mass is 224 g/mol. The van der Waals surface area contributed by atoms with Crippen molar-refractivity contribution >= 4 is 17.6 Å². The highest BCUT2D eigenvalue weighted by molar-refractivity contribution is 7.99. The molecule has 0 spiro atoms. The summed E-state index contributed by atoms with van der Waals surface area (Å²) >= 11 is 2.02. The first kappa shape index (κ1) is 10.7. The van der Waals surface area contributed by atoms with Gasteiger partial charge in [0.15, 0.2) is 0 Å². The Morgan fingerprint density at radius 2 is 2.40 bits per heavy atom. The van der Waals surface area contributed by atoms with Gasteiger partial charge in [0.25, 0.3) is 0 Å². The van der Waals surface area contributed by atoms with Crippen molar-refractivity contribution < 1.29 is 0 Å². The first-order chi connectivity index (χ1) is 7.25. The summed E-state index contributed by atoms with van der Waals surface area (Å²) < 4.78 is 0. The fraction of sp³-hybridized carbons (Fsp3) is 0.600. The van der Waals surface area contributed by atoms with E-state index in [-0.39, 0.29) is 0 Å². The van der Waals surface area contributed by atoms with E-state index in [1.807, 2.05) is 11.8 Å². The zero-order valence-corrected chi connectivity index (χ0v) is 9.70. The van der Waals surface area contributed by atoms with Crippen molar-refractivity contribution in [1.82, 2.24) is 14.9 Å². The van der Waals surface area contributed by atoms with Crippen molar-refractivity contribution in [2.75, 3.05) is 23.8 Å². The highest BCUT2D eigenvalue weighted by Gasteiger charge is 2.18. The number of anilines is 1. The third-order valence-corrected chi connectivity index (χ3v) is 3.78. The number of aromatic nitrogens is 2. The van der Waals surface area contributed by atoms with E-state index in [0.29, 0.717) is 11.9 Å². The maximum absolute atomic E-state index is 5.50. The quantitative estimate of drug-likeness (QED) is 0.812. The second-order valence-electron chi connectivity index (χ2n) is 3.83. The summed E-state index contributed by atoms with van der Waals surface area (Å²) in [5, 5.41) is 0. The topological polar surface area (TPSA) is 55.0 Å². The van der Waals surface area contributed by atoms with E-state index >= 15 is 0 Å². The lowest BCUT2D eigenvalue weighted by atomic mass is 10.3. The van der Waals surface area contributed by atoms with Crippen LogP contribution in [-0.4, -0.2) is 39.0 Å². The van der Waals surface area contributed by atoms with Crippen LogP contribution in [0, 0.1) is 0 Å². The first-order valence-electron chi connectivity index (χ1n) is 5.14. The molecular weight excluding hydrogens is 208 g/mol. The minimum absolute atomic E-state index is 0.487. The first-order valence-corrected chi connectivity index (χ1v) is 6.29. The molecule has 0 bridgehead atoms. The third-order valence-electron chi connectivity index (χ3n) is 2.60. The van der Waals surface area contributed by atoms with Gasteiger partial charge in [0.1, 0.15) is 5.82 Å². The van der Waals surface area contributed by atoms with Crippen LogP contribution in [0.1, 0.15) is 12.6 Å². The van der Waals surface area contributed by atoms with Crippen LogP contribution in [0.4, 0.5) is 5.82 Å². The molecule has 0 amide bonds. The molecule has 0 saturated carbocycles. The molecule has 1 aromatic heterocycles. The lowest BCUT2D eigenvalue weighted by Gasteiger charge is -2.32. The highest BCUT2D eigenvalue weighted by atomic mass is 32.2. The molecular formula is C10H16N4S. The zero-order chi connectivity index (χ0) is 10.7. The fourth-order valence-electron chi connectivity index (χ4n) is 1.65. The van der Waals surface area contributed by atoms with Gasteiger partial charge in [-0.15, -0.1) is 0 Å². The molecule has 2 N–H and O–H groups in total. The molecule has 1 aliphatic heterocycles. The van der Waals surface area contributed by atoms with Crippen LogP contribution in [0.25, 0.3) is 0 Å². The highest BCUT2D eigenvalue weighted by Crippen LogP contribution is 2.17. The maximum Gasteiger partial charge on any atom is 0.141 e. The van der Waals surface area contributed by atoms with Gasteiger partial charge in [-0.05, 0) is 6.92 Å². The normalized spacial score (nSPS) is 22.9. The second-order valence-corrected chi connectivity index (χ2v) is 4.98. The molecule has 82 valence electrons. The Balaban J connectivity index is 1.98. The predicted molar refractivity (Wildman–Crippen MR) is 63.6 cm³/mol. The van der Waals surface area contributed by atoms with Crippen LogP contribution in [0.5, 0.6) is 0 Å². The summed E-state index contributed by atoms with van der Waals surface area (Å²) in [6.07, 6.45) is 3.39. The van der Waals surface area contributed by atoms with Crippen molar-refractivity contribution in [2.45, 2.75) is 19.5 Å². The fourth-order valence-corrected chi connectivity index (χ4v) is 2.73. The maximum atomic E-state index is 5.50. The second kappa shape index (κ2) is 4.81. The Kier molecular flexibility index (Phi) is 3.43. The average molecular weight is 224 g/mol. The van der Waals surface area contributed by atoms with Crippen LogP contribution in [0.3, 0.4) is 0 Å². The van der Waals surface area contributed by atoms with Gasteiger partial charge in [-0.1, -0.05) is 0 Å². The Morgan fingerprint density at radius 1 is 1.53 bits per heavy atom. The summed E-state index contributed by atoms with van der Waals surface area (Å²) in [5.41, 5.74) is 6.50. The van der Waals surface area contributed by atoms with E-state index in [2.05, 4.69) is 21.8 Å². The molecule has 15 heavy (non-hydrogen) atoms. The summed E-state index contributed by atoms with van der Waals surface area (Å²) in [6.45, 7) is 4.28. The lowest BCUT2D eigenvalue weighted by Crippen LogP contribution is -2.39. The molecule has 0 aromatic carbocycles. The molecule has 4 nitrogen and oxygen atoms in total. The summed E-state index contributed by atoms with van der Waals surface area (Å²) in [5.74, 6) is 2.91.